The van der Waals surface area contributed by atoms with Gasteiger partial charge < -0.3 is 9.73 Å². The predicted molar refractivity (Wildman–Crippen MR) is 82.6 cm³/mol. The number of rotatable bonds is 6. The molecule has 1 N–H and O–H groups in total. The number of aromatic nitrogens is 1. The summed E-state index contributed by atoms with van der Waals surface area (Å²) in [6, 6.07) is 8.50. The highest BCUT2D eigenvalue weighted by Crippen LogP contribution is 2.23. The molecule has 3 heteroatoms. The van der Waals surface area contributed by atoms with Gasteiger partial charge >= 0.3 is 0 Å². The Morgan fingerprint density at radius 2 is 1.80 bits per heavy atom. The molecular formula is C17H24N2O. The number of nitrogens with one attached hydrogen (secondary N) is 1. The van der Waals surface area contributed by atoms with Crippen molar-refractivity contribution in [3.63, 3.8) is 0 Å². The van der Waals surface area contributed by atoms with Crippen molar-refractivity contribution < 1.29 is 4.42 Å². The monoisotopic (exact) mass is 272 g/mol. The van der Waals surface area contributed by atoms with E-state index in [1.807, 2.05) is 0 Å². The Balaban J connectivity index is 2.01. The number of hydrogen-bond donors (Lipinski definition) is 1. The van der Waals surface area contributed by atoms with E-state index in [0.717, 1.165) is 23.8 Å². The van der Waals surface area contributed by atoms with E-state index in [9.17, 15) is 0 Å². The maximum Gasteiger partial charge on any atom is 0.208 e. The fourth-order valence-corrected chi connectivity index (χ4v) is 2.03. The van der Waals surface area contributed by atoms with Gasteiger partial charge in [-0.3, -0.25) is 0 Å². The van der Waals surface area contributed by atoms with Gasteiger partial charge in [0.25, 0.3) is 0 Å². The lowest BCUT2D eigenvalue weighted by atomic mass is 10.0. The molecule has 1 aromatic heterocycles. The third kappa shape index (κ3) is 3.94. The highest BCUT2D eigenvalue weighted by Gasteiger charge is 2.07. The summed E-state index contributed by atoms with van der Waals surface area (Å²) in [5.74, 6) is 2.76. The Morgan fingerprint density at radius 3 is 2.40 bits per heavy atom. The second-order valence-corrected chi connectivity index (χ2v) is 5.92. The van der Waals surface area contributed by atoms with E-state index in [2.05, 4.69) is 62.3 Å². The molecule has 0 saturated heterocycles. The van der Waals surface area contributed by atoms with Crippen LogP contribution in [0.5, 0.6) is 0 Å². The van der Waals surface area contributed by atoms with Gasteiger partial charge in [-0.05, 0) is 23.9 Å². The third-order valence-corrected chi connectivity index (χ3v) is 3.24. The van der Waals surface area contributed by atoms with Crippen LogP contribution in [0.25, 0.3) is 11.3 Å². The summed E-state index contributed by atoms with van der Waals surface area (Å²) in [6.07, 6.45) is 1.80. The SMILES string of the molecule is CC(C)CNCc1ncc(-c2ccc(C(C)C)cc2)o1. The van der Waals surface area contributed by atoms with Gasteiger partial charge in [-0.15, -0.1) is 0 Å². The highest BCUT2D eigenvalue weighted by molar-refractivity contribution is 5.56. The second-order valence-electron chi connectivity index (χ2n) is 5.92. The average Bonchev–Trinajstić information content (AvgIpc) is 2.87. The van der Waals surface area contributed by atoms with Gasteiger partial charge in [-0.1, -0.05) is 52.0 Å². The lowest BCUT2D eigenvalue weighted by molar-refractivity contribution is 0.459. The summed E-state index contributed by atoms with van der Waals surface area (Å²) < 4.78 is 5.78. The van der Waals surface area contributed by atoms with E-state index < -0.39 is 0 Å². The van der Waals surface area contributed by atoms with Crippen LogP contribution in [0.1, 0.15) is 45.1 Å². The second kappa shape index (κ2) is 6.71. The van der Waals surface area contributed by atoms with Crippen LogP contribution in [0, 0.1) is 5.92 Å². The summed E-state index contributed by atoms with van der Waals surface area (Å²) in [4.78, 5) is 4.32. The molecule has 0 amide bonds. The fourth-order valence-electron chi connectivity index (χ4n) is 2.03. The molecule has 0 aliphatic heterocycles. The molecule has 0 saturated carbocycles. The largest absolute Gasteiger partial charge is 0.439 e. The Labute approximate surface area is 121 Å². The minimum Gasteiger partial charge on any atom is -0.439 e. The van der Waals surface area contributed by atoms with Crippen molar-refractivity contribution in [2.45, 2.75) is 40.2 Å². The summed E-state index contributed by atoms with van der Waals surface area (Å²) >= 11 is 0. The zero-order valence-electron chi connectivity index (χ0n) is 12.8. The van der Waals surface area contributed by atoms with Crippen molar-refractivity contribution in [2.75, 3.05) is 6.54 Å². The average molecular weight is 272 g/mol. The Hall–Kier alpha value is -1.61. The molecule has 2 rings (SSSR count). The zero-order chi connectivity index (χ0) is 14.5. The lowest BCUT2D eigenvalue weighted by Gasteiger charge is -2.05. The Bertz CT molecular complexity index is 526. The van der Waals surface area contributed by atoms with Gasteiger partial charge in [0.15, 0.2) is 5.76 Å². The summed E-state index contributed by atoms with van der Waals surface area (Å²) in [6.45, 7) is 10.4. The van der Waals surface area contributed by atoms with Crippen molar-refractivity contribution in [1.29, 1.82) is 0 Å². The van der Waals surface area contributed by atoms with Crippen molar-refractivity contribution in [3.05, 3.63) is 41.9 Å². The number of hydrogen-bond acceptors (Lipinski definition) is 3. The molecule has 1 heterocycles. The summed E-state index contributed by atoms with van der Waals surface area (Å²) in [5.41, 5.74) is 2.42. The van der Waals surface area contributed by atoms with E-state index in [1.54, 1.807) is 6.20 Å². The first-order chi connectivity index (χ1) is 9.56. The van der Waals surface area contributed by atoms with Gasteiger partial charge in [0, 0.05) is 5.56 Å². The smallest absolute Gasteiger partial charge is 0.208 e. The van der Waals surface area contributed by atoms with E-state index in [0.29, 0.717) is 18.4 Å². The first-order valence-electron chi connectivity index (χ1n) is 7.32. The van der Waals surface area contributed by atoms with Crippen molar-refractivity contribution in [1.82, 2.24) is 10.3 Å². The van der Waals surface area contributed by atoms with Crippen LogP contribution in [0.3, 0.4) is 0 Å². The van der Waals surface area contributed by atoms with Crippen LogP contribution < -0.4 is 5.32 Å². The van der Waals surface area contributed by atoms with Crippen LogP contribution in [0.4, 0.5) is 0 Å². The number of nitrogens with zero attached hydrogens (tertiary/aromatic N) is 1. The molecule has 0 bridgehead atoms. The molecule has 3 nitrogen and oxygen atoms in total. The minimum absolute atomic E-state index is 0.551. The first kappa shape index (κ1) is 14.8. The van der Waals surface area contributed by atoms with Crippen molar-refractivity contribution >= 4 is 0 Å². The van der Waals surface area contributed by atoms with E-state index in [-0.39, 0.29) is 0 Å². The normalized spacial score (nSPS) is 11.5. The third-order valence-electron chi connectivity index (χ3n) is 3.24. The Kier molecular flexibility index (Phi) is 4.96. The predicted octanol–water partition coefficient (Wildman–Crippen LogP) is 4.21. The molecule has 108 valence electrons. The van der Waals surface area contributed by atoms with Crippen LogP contribution >= 0.6 is 0 Å². The van der Waals surface area contributed by atoms with E-state index >= 15 is 0 Å². The molecule has 0 atom stereocenters. The molecule has 0 unspecified atom stereocenters. The highest BCUT2D eigenvalue weighted by atomic mass is 16.4. The van der Waals surface area contributed by atoms with E-state index in [4.69, 9.17) is 4.42 Å². The topological polar surface area (TPSA) is 38.1 Å². The molecule has 0 aliphatic carbocycles. The molecule has 2 aromatic rings. The molecule has 0 spiro atoms. The van der Waals surface area contributed by atoms with Gasteiger partial charge in [0.2, 0.25) is 5.89 Å². The van der Waals surface area contributed by atoms with Crippen molar-refractivity contribution in [3.8, 4) is 11.3 Å². The van der Waals surface area contributed by atoms with Crippen LogP contribution in [-0.4, -0.2) is 11.5 Å². The molecule has 0 aliphatic rings. The van der Waals surface area contributed by atoms with Gasteiger partial charge in [-0.2, -0.15) is 0 Å². The van der Waals surface area contributed by atoms with Crippen molar-refractivity contribution in [2.24, 2.45) is 5.92 Å². The van der Waals surface area contributed by atoms with Crippen LogP contribution in [0.2, 0.25) is 0 Å². The molecule has 0 fully saturated rings. The summed E-state index contributed by atoms with van der Waals surface area (Å²) in [5, 5.41) is 3.33. The number of oxazole rings is 1. The number of benzene rings is 1. The molecule has 20 heavy (non-hydrogen) atoms. The maximum atomic E-state index is 5.78. The Morgan fingerprint density at radius 1 is 1.10 bits per heavy atom. The van der Waals surface area contributed by atoms with Gasteiger partial charge in [-0.25, -0.2) is 4.98 Å². The molecule has 0 radical (unpaired) electrons. The van der Waals surface area contributed by atoms with Gasteiger partial charge in [0.1, 0.15) is 0 Å². The maximum absolute atomic E-state index is 5.78. The van der Waals surface area contributed by atoms with Crippen LogP contribution in [0.15, 0.2) is 34.9 Å². The fraction of sp³-hybridized carbons (Fsp3) is 0.471. The van der Waals surface area contributed by atoms with E-state index in [1.165, 1.54) is 5.56 Å². The quantitative estimate of drug-likeness (QED) is 0.856. The standard InChI is InChI=1S/C17H24N2O/c1-12(2)9-18-11-17-19-10-16(20-17)15-7-5-14(6-8-15)13(3)4/h5-8,10,12-13,18H,9,11H2,1-4H3. The van der Waals surface area contributed by atoms with Crippen LogP contribution in [-0.2, 0) is 6.54 Å². The minimum atomic E-state index is 0.551. The molecular weight excluding hydrogens is 248 g/mol. The lowest BCUT2D eigenvalue weighted by Crippen LogP contribution is -2.18. The summed E-state index contributed by atoms with van der Waals surface area (Å²) in [7, 11) is 0. The molecule has 1 aromatic carbocycles. The van der Waals surface area contributed by atoms with Gasteiger partial charge in [0.05, 0.1) is 12.7 Å². The zero-order valence-corrected chi connectivity index (χ0v) is 12.8. The first-order valence-corrected chi connectivity index (χ1v) is 7.32.